The first-order valence-electron chi connectivity index (χ1n) is 9.33. The van der Waals surface area contributed by atoms with Crippen molar-refractivity contribution in [2.45, 2.75) is 26.7 Å². The molecule has 9 heteroatoms. The van der Waals surface area contributed by atoms with Gasteiger partial charge in [-0.05, 0) is 24.5 Å². The molecule has 0 aliphatic rings. The summed E-state index contributed by atoms with van der Waals surface area (Å²) in [6.07, 6.45) is 0. The van der Waals surface area contributed by atoms with Gasteiger partial charge in [-0.2, -0.15) is 0 Å². The second-order valence-electron chi connectivity index (χ2n) is 6.58. The number of nitrogens with one attached hydrogen (secondary N) is 1. The van der Waals surface area contributed by atoms with Crippen LogP contribution < -0.4 is 14.8 Å². The Morgan fingerprint density at radius 1 is 1.17 bits per heavy atom. The quantitative estimate of drug-likeness (QED) is 0.374. The van der Waals surface area contributed by atoms with Gasteiger partial charge in [-0.25, -0.2) is 4.79 Å². The minimum Gasteiger partial charge on any atom is -0.493 e. The van der Waals surface area contributed by atoms with Crippen molar-refractivity contribution in [2.75, 3.05) is 25.6 Å². The number of amides is 1. The van der Waals surface area contributed by atoms with Crippen LogP contribution in [0.4, 0.5) is 11.4 Å². The van der Waals surface area contributed by atoms with E-state index in [1.165, 1.54) is 7.11 Å². The zero-order valence-electron chi connectivity index (χ0n) is 17.3. The standard InChI is InChI=1S/C21H24N2O7/c1-5-29-19-11-17(23(26)27)15(10-18(19)28-4)21(25)30-12-20(24)22-16-9-7-6-8-14(16)13(2)3/h6-11,13H,5,12H2,1-4H3,(H,22,24). The van der Waals surface area contributed by atoms with Crippen molar-refractivity contribution >= 4 is 23.3 Å². The first-order chi connectivity index (χ1) is 14.3. The Labute approximate surface area is 174 Å². The number of ether oxygens (including phenoxy) is 3. The van der Waals surface area contributed by atoms with E-state index < -0.39 is 29.1 Å². The molecule has 0 aliphatic carbocycles. The highest BCUT2D eigenvalue weighted by molar-refractivity contribution is 5.98. The molecule has 2 aromatic rings. The number of nitrogens with zero attached hydrogens (tertiary/aromatic N) is 1. The molecular weight excluding hydrogens is 392 g/mol. The lowest BCUT2D eigenvalue weighted by atomic mass is 10.0. The van der Waals surface area contributed by atoms with Crippen molar-refractivity contribution < 1.29 is 28.7 Å². The normalized spacial score (nSPS) is 10.4. The summed E-state index contributed by atoms with van der Waals surface area (Å²) < 4.78 is 15.4. The van der Waals surface area contributed by atoms with Crippen molar-refractivity contribution in [2.24, 2.45) is 0 Å². The summed E-state index contributed by atoms with van der Waals surface area (Å²) in [5.74, 6) is -1.12. The molecule has 0 bridgehead atoms. The van der Waals surface area contributed by atoms with Crippen LogP contribution in [0.1, 0.15) is 42.6 Å². The lowest BCUT2D eigenvalue weighted by Crippen LogP contribution is -2.22. The van der Waals surface area contributed by atoms with E-state index in [0.29, 0.717) is 5.69 Å². The smallest absolute Gasteiger partial charge is 0.345 e. The Hall–Kier alpha value is -3.62. The maximum Gasteiger partial charge on any atom is 0.345 e. The predicted molar refractivity (Wildman–Crippen MR) is 110 cm³/mol. The van der Waals surface area contributed by atoms with E-state index in [1.54, 1.807) is 19.1 Å². The molecule has 2 rings (SSSR count). The topological polar surface area (TPSA) is 117 Å². The van der Waals surface area contributed by atoms with E-state index in [-0.39, 0.29) is 29.6 Å². The summed E-state index contributed by atoms with van der Waals surface area (Å²) in [7, 11) is 1.35. The van der Waals surface area contributed by atoms with Crippen LogP contribution in [0.3, 0.4) is 0 Å². The average molecular weight is 416 g/mol. The summed E-state index contributed by atoms with van der Waals surface area (Å²) in [5, 5.41) is 14.1. The SMILES string of the molecule is CCOc1cc([N+](=O)[O-])c(C(=O)OCC(=O)Nc2ccccc2C(C)C)cc1OC. The number of hydrogen-bond acceptors (Lipinski definition) is 7. The summed E-state index contributed by atoms with van der Waals surface area (Å²) in [4.78, 5) is 35.3. The van der Waals surface area contributed by atoms with Gasteiger partial charge in [-0.3, -0.25) is 14.9 Å². The molecule has 30 heavy (non-hydrogen) atoms. The molecule has 0 radical (unpaired) electrons. The summed E-state index contributed by atoms with van der Waals surface area (Å²) in [5.41, 5.74) is 0.705. The highest BCUT2D eigenvalue weighted by atomic mass is 16.6. The molecule has 0 atom stereocenters. The second-order valence-corrected chi connectivity index (χ2v) is 6.58. The monoisotopic (exact) mass is 416 g/mol. The molecule has 0 aliphatic heterocycles. The fraction of sp³-hybridized carbons (Fsp3) is 0.333. The minimum atomic E-state index is -1.02. The predicted octanol–water partition coefficient (Wildman–Crippen LogP) is 3.92. The van der Waals surface area contributed by atoms with Gasteiger partial charge in [0.2, 0.25) is 0 Å². The van der Waals surface area contributed by atoms with Crippen molar-refractivity contribution in [1.82, 2.24) is 0 Å². The van der Waals surface area contributed by atoms with Gasteiger partial charge in [0.1, 0.15) is 5.56 Å². The van der Waals surface area contributed by atoms with Gasteiger partial charge in [0.15, 0.2) is 18.1 Å². The molecule has 0 saturated heterocycles. The van der Waals surface area contributed by atoms with Crippen LogP contribution in [0.5, 0.6) is 11.5 Å². The highest BCUT2D eigenvalue weighted by Crippen LogP contribution is 2.35. The Morgan fingerprint density at radius 3 is 2.47 bits per heavy atom. The number of carbonyl (C=O) groups excluding carboxylic acids is 2. The minimum absolute atomic E-state index is 0.131. The molecule has 1 N–H and O–H groups in total. The van der Waals surface area contributed by atoms with E-state index in [2.05, 4.69) is 5.32 Å². The van der Waals surface area contributed by atoms with Crippen LogP contribution in [-0.2, 0) is 9.53 Å². The van der Waals surface area contributed by atoms with Crippen LogP contribution in [0.25, 0.3) is 0 Å². The first kappa shape index (κ1) is 22.7. The number of anilines is 1. The number of methoxy groups -OCH3 is 1. The van der Waals surface area contributed by atoms with E-state index in [1.807, 2.05) is 26.0 Å². The number of benzene rings is 2. The zero-order chi connectivity index (χ0) is 22.3. The van der Waals surface area contributed by atoms with E-state index in [0.717, 1.165) is 17.7 Å². The van der Waals surface area contributed by atoms with Crippen LogP contribution in [0.15, 0.2) is 36.4 Å². The van der Waals surface area contributed by atoms with Gasteiger partial charge in [0.25, 0.3) is 11.6 Å². The van der Waals surface area contributed by atoms with Gasteiger partial charge in [-0.15, -0.1) is 0 Å². The molecule has 1 amide bonds. The number of rotatable bonds is 9. The third-order valence-electron chi connectivity index (χ3n) is 4.19. The molecule has 2 aromatic carbocycles. The first-order valence-corrected chi connectivity index (χ1v) is 9.33. The summed E-state index contributed by atoms with van der Waals surface area (Å²) >= 11 is 0. The number of nitro groups is 1. The van der Waals surface area contributed by atoms with Crippen molar-refractivity contribution in [3.05, 3.63) is 57.6 Å². The third kappa shape index (κ3) is 5.47. The van der Waals surface area contributed by atoms with E-state index >= 15 is 0 Å². The van der Waals surface area contributed by atoms with Crippen LogP contribution in [0, 0.1) is 10.1 Å². The molecule has 0 spiro atoms. The fourth-order valence-corrected chi connectivity index (χ4v) is 2.80. The maximum atomic E-state index is 12.4. The Bertz CT molecular complexity index is 941. The molecule has 0 heterocycles. The fourth-order valence-electron chi connectivity index (χ4n) is 2.80. The van der Waals surface area contributed by atoms with E-state index in [4.69, 9.17) is 14.2 Å². The number of hydrogen-bond donors (Lipinski definition) is 1. The van der Waals surface area contributed by atoms with Crippen molar-refractivity contribution in [1.29, 1.82) is 0 Å². The Kier molecular flexibility index (Phi) is 7.74. The van der Waals surface area contributed by atoms with Gasteiger partial charge in [0, 0.05) is 11.8 Å². The lowest BCUT2D eigenvalue weighted by molar-refractivity contribution is -0.385. The van der Waals surface area contributed by atoms with Gasteiger partial charge in [-0.1, -0.05) is 32.0 Å². The van der Waals surface area contributed by atoms with Crippen LogP contribution in [0.2, 0.25) is 0 Å². The largest absolute Gasteiger partial charge is 0.493 e. The number of para-hydroxylation sites is 1. The Balaban J connectivity index is 2.16. The van der Waals surface area contributed by atoms with E-state index in [9.17, 15) is 19.7 Å². The maximum absolute atomic E-state index is 12.4. The van der Waals surface area contributed by atoms with Crippen LogP contribution >= 0.6 is 0 Å². The van der Waals surface area contributed by atoms with Crippen LogP contribution in [-0.4, -0.2) is 37.1 Å². The molecule has 0 fully saturated rings. The molecular formula is C21H24N2O7. The molecule has 9 nitrogen and oxygen atoms in total. The summed E-state index contributed by atoms with van der Waals surface area (Å²) in [6.45, 7) is 5.35. The Morgan fingerprint density at radius 2 is 1.87 bits per heavy atom. The van der Waals surface area contributed by atoms with Crippen molar-refractivity contribution in [3.8, 4) is 11.5 Å². The molecule has 0 aromatic heterocycles. The number of nitro benzene ring substituents is 1. The van der Waals surface area contributed by atoms with Gasteiger partial charge in [0.05, 0.1) is 24.7 Å². The van der Waals surface area contributed by atoms with Crippen molar-refractivity contribution in [3.63, 3.8) is 0 Å². The van der Waals surface area contributed by atoms with Gasteiger partial charge < -0.3 is 19.5 Å². The van der Waals surface area contributed by atoms with Gasteiger partial charge >= 0.3 is 5.97 Å². The third-order valence-corrected chi connectivity index (χ3v) is 4.19. The average Bonchev–Trinajstić information content (AvgIpc) is 2.72. The zero-order valence-corrected chi connectivity index (χ0v) is 17.3. The highest BCUT2D eigenvalue weighted by Gasteiger charge is 2.26. The molecule has 0 unspecified atom stereocenters. The number of esters is 1. The lowest BCUT2D eigenvalue weighted by Gasteiger charge is -2.14. The summed E-state index contributed by atoms with van der Waals surface area (Å²) in [6, 6.07) is 9.54. The molecule has 160 valence electrons. The second kappa shape index (κ2) is 10.2. The number of carbonyl (C=O) groups is 2. The molecule has 0 saturated carbocycles.